The molecule has 0 spiro atoms. The maximum atomic E-state index is 11.7. The molecule has 1 fully saturated rings. The maximum Gasteiger partial charge on any atom is 0.309 e. The van der Waals surface area contributed by atoms with Gasteiger partial charge in [0.15, 0.2) is 0 Å². The minimum Gasteiger partial charge on any atom is -0.494 e. The Morgan fingerprint density at radius 3 is 3.00 bits per heavy atom. The number of carboxylic acids is 1. The summed E-state index contributed by atoms with van der Waals surface area (Å²) in [5, 5.41) is 9.58. The Morgan fingerprint density at radius 2 is 2.35 bits per heavy atom. The second-order valence-electron chi connectivity index (χ2n) is 5.84. The van der Waals surface area contributed by atoms with Gasteiger partial charge in [0.25, 0.3) is 0 Å². The molecule has 20 heavy (non-hydrogen) atoms. The second-order valence-corrected chi connectivity index (χ2v) is 6.76. The van der Waals surface area contributed by atoms with E-state index in [1.807, 2.05) is 24.3 Å². The number of ether oxygens (including phenoxy) is 1. The minimum absolute atomic E-state index is 0.454. The Labute approximate surface area is 128 Å². The van der Waals surface area contributed by atoms with Crippen molar-refractivity contribution < 1.29 is 14.6 Å². The summed E-state index contributed by atoms with van der Waals surface area (Å²) >= 11 is 3.40. The number of aliphatic carboxylic acids is 1. The lowest BCUT2D eigenvalue weighted by Crippen LogP contribution is -2.37. The van der Waals surface area contributed by atoms with Crippen molar-refractivity contribution in [1.29, 1.82) is 0 Å². The molecule has 0 aliphatic heterocycles. The number of benzene rings is 1. The van der Waals surface area contributed by atoms with Crippen LogP contribution in [0.5, 0.6) is 5.75 Å². The molecule has 2 rings (SSSR count). The fraction of sp³-hybridized carbons (Fsp3) is 0.562. The quantitative estimate of drug-likeness (QED) is 0.858. The molecule has 4 heteroatoms. The van der Waals surface area contributed by atoms with Gasteiger partial charge in [-0.05, 0) is 43.4 Å². The van der Waals surface area contributed by atoms with Crippen LogP contribution in [0.3, 0.4) is 0 Å². The van der Waals surface area contributed by atoms with E-state index in [-0.39, 0.29) is 0 Å². The molecule has 2 unspecified atom stereocenters. The highest BCUT2D eigenvalue weighted by atomic mass is 79.9. The van der Waals surface area contributed by atoms with Crippen LogP contribution in [0.25, 0.3) is 0 Å². The largest absolute Gasteiger partial charge is 0.494 e. The summed E-state index contributed by atoms with van der Waals surface area (Å²) < 4.78 is 6.67. The van der Waals surface area contributed by atoms with Crippen LogP contribution in [0.15, 0.2) is 28.7 Å². The molecule has 1 aromatic carbocycles. The number of carboxylic acid groups (broad SMARTS) is 1. The lowest BCUT2D eigenvalue weighted by molar-refractivity contribution is -0.153. The number of rotatable bonds is 5. The van der Waals surface area contributed by atoms with Crippen molar-refractivity contribution in [2.45, 2.75) is 39.0 Å². The number of hydrogen-bond acceptors (Lipinski definition) is 2. The fourth-order valence-electron chi connectivity index (χ4n) is 3.11. The predicted molar refractivity (Wildman–Crippen MR) is 82.0 cm³/mol. The molecule has 110 valence electrons. The van der Waals surface area contributed by atoms with Crippen molar-refractivity contribution in [2.24, 2.45) is 11.3 Å². The summed E-state index contributed by atoms with van der Waals surface area (Å²) in [7, 11) is 0. The second kappa shape index (κ2) is 6.61. The third-order valence-corrected chi connectivity index (χ3v) is 4.68. The number of hydrogen-bond donors (Lipinski definition) is 1. The van der Waals surface area contributed by atoms with Gasteiger partial charge in [-0.2, -0.15) is 0 Å². The summed E-state index contributed by atoms with van der Waals surface area (Å²) in [5.41, 5.74) is -0.594. The molecule has 1 aliphatic carbocycles. The van der Waals surface area contributed by atoms with Gasteiger partial charge in [-0.1, -0.05) is 41.8 Å². The molecule has 0 heterocycles. The van der Waals surface area contributed by atoms with Crippen molar-refractivity contribution in [3.05, 3.63) is 28.7 Å². The number of halogens is 1. The highest BCUT2D eigenvalue weighted by molar-refractivity contribution is 9.10. The first-order valence-corrected chi connectivity index (χ1v) is 7.93. The minimum atomic E-state index is -0.665. The Kier molecular flexibility index (Phi) is 5.08. The molecule has 0 amide bonds. The zero-order chi connectivity index (χ0) is 14.6. The number of carbonyl (C=O) groups is 1. The van der Waals surface area contributed by atoms with Crippen LogP contribution >= 0.6 is 15.9 Å². The summed E-state index contributed by atoms with van der Waals surface area (Å²) in [5.74, 6) is 0.608. The molecule has 1 saturated carbocycles. The third-order valence-electron chi connectivity index (χ3n) is 4.19. The summed E-state index contributed by atoms with van der Waals surface area (Å²) in [6.45, 7) is 2.60. The smallest absolute Gasteiger partial charge is 0.309 e. The average Bonchev–Trinajstić information content (AvgIpc) is 2.38. The standard InChI is InChI=1S/C16H21BrO3/c1-12-4-3-7-16(11-12,15(18)19)8-9-20-14-6-2-5-13(17)10-14/h2,5-6,10,12H,3-4,7-9,11H2,1H3,(H,18,19). The van der Waals surface area contributed by atoms with E-state index >= 15 is 0 Å². The SMILES string of the molecule is CC1CCCC(CCOc2cccc(Br)c2)(C(=O)O)C1. The Bertz CT molecular complexity index is 475. The van der Waals surface area contributed by atoms with E-state index in [0.29, 0.717) is 18.9 Å². The van der Waals surface area contributed by atoms with Gasteiger partial charge in [0.2, 0.25) is 0 Å². The first-order valence-electron chi connectivity index (χ1n) is 7.14. The topological polar surface area (TPSA) is 46.5 Å². The molecule has 0 saturated heterocycles. The van der Waals surface area contributed by atoms with Crippen molar-refractivity contribution >= 4 is 21.9 Å². The van der Waals surface area contributed by atoms with Crippen LogP contribution < -0.4 is 4.74 Å². The monoisotopic (exact) mass is 340 g/mol. The summed E-state index contributed by atoms with van der Waals surface area (Å²) in [4.78, 5) is 11.7. The van der Waals surface area contributed by atoms with E-state index in [1.54, 1.807) is 0 Å². The van der Waals surface area contributed by atoms with Crippen LogP contribution in [0.2, 0.25) is 0 Å². The van der Waals surface area contributed by atoms with Gasteiger partial charge >= 0.3 is 5.97 Å². The van der Waals surface area contributed by atoms with Gasteiger partial charge in [0, 0.05) is 4.47 Å². The molecule has 2 atom stereocenters. The van der Waals surface area contributed by atoms with Gasteiger partial charge in [-0.15, -0.1) is 0 Å². The van der Waals surface area contributed by atoms with Crippen molar-refractivity contribution in [3.63, 3.8) is 0 Å². The van der Waals surface area contributed by atoms with Crippen LogP contribution in [0.4, 0.5) is 0 Å². The first-order chi connectivity index (χ1) is 9.52. The lowest BCUT2D eigenvalue weighted by Gasteiger charge is -2.36. The van der Waals surface area contributed by atoms with E-state index in [2.05, 4.69) is 22.9 Å². The molecule has 1 aromatic rings. The van der Waals surface area contributed by atoms with Gasteiger partial charge in [0.05, 0.1) is 12.0 Å². The molecule has 0 bridgehead atoms. The van der Waals surface area contributed by atoms with Crippen LogP contribution in [0.1, 0.15) is 39.0 Å². The highest BCUT2D eigenvalue weighted by Gasteiger charge is 2.41. The highest BCUT2D eigenvalue weighted by Crippen LogP contribution is 2.42. The molecule has 3 nitrogen and oxygen atoms in total. The third kappa shape index (κ3) is 3.75. The lowest BCUT2D eigenvalue weighted by atomic mass is 9.68. The van der Waals surface area contributed by atoms with E-state index in [0.717, 1.165) is 35.9 Å². The maximum absolute atomic E-state index is 11.7. The zero-order valence-electron chi connectivity index (χ0n) is 11.8. The zero-order valence-corrected chi connectivity index (χ0v) is 13.4. The first kappa shape index (κ1) is 15.4. The Balaban J connectivity index is 1.94. The van der Waals surface area contributed by atoms with Crippen molar-refractivity contribution in [1.82, 2.24) is 0 Å². The van der Waals surface area contributed by atoms with E-state index in [9.17, 15) is 9.90 Å². The summed E-state index contributed by atoms with van der Waals surface area (Å²) in [6, 6.07) is 7.64. The molecular formula is C16H21BrO3. The van der Waals surface area contributed by atoms with E-state index in [1.165, 1.54) is 0 Å². The average molecular weight is 341 g/mol. The molecule has 1 N–H and O–H groups in total. The molecule has 0 aromatic heterocycles. The van der Waals surface area contributed by atoms with Crippen molar-refractivity contribution in [2.75, 3.05) is 6.61 Å². The van der Waals surface area contributed by atoms with Crippen LogP contribution in [0, 0.1) is 11.3 Å². The molecule has 1 aliphatic rings. The van der Waals surface area contributed by atoms with Crippen LogP contribution in [-0.4, -0.2) is 17.7 Å². The molecule has 0 radical (unpaired) electrons. The van der Waals surface area contributed by atoms with Gasteiger partial charge < -0.3 is 9.84 Å². The van der Waals surface area contributed by atoms with Crippen LogP contribution in [-0.2, 0) is 4.79 Å². The van der Waals surface area contributed by atoms with Gasteiger partial charge in [-0.3, -0.25) is 4.79 Å². The predicted octanol–water partition coefficient (Wildman–Crippen LogP) is 4.50. The van der Waals surface area contributed by atoms with Gasteiger partial charge in [-0.25, -0.2) is 0 Å². The van der Waals surface area contributed by atoms with Crippen molar-refractivity contribution in [3.8, 4) is 5.75 Å². The normalized spacial score (nSPS) is 26.2. The Morgan fingerprint density at radius 1 is 1.55 bits per heavy atom. The molecular weight excluding hydrogens is 320 g/mol. The fourth-order valence-corrected chi connectivity index (χ4v) is 3.49. The summed E-state index contributed by atoms with van der Waals surface area (Å²) in [6.07, 6.45) is 4.27. The Hall–Kier alpha value is -1.03. The van der Waals surface area contributed by atoms with E-state index in [4.69, 9.17) is 4.74 Å². The van der Waals surface area contributed by atoms with Gasteiger partial charge in [0.1, 0.15) is 5.75 Å². The van der Waals surface area contributed by atoms with E-state index < -0.39 is 11.4 Å².